The summed E-state index contributed by atoms with van der Waals surface area (Å²) < 4.78 is 1.08. The van der Waals surface area contributed by atoms with Crippen LogP contribution in [0.15, 0.2) is 77.9 Å². The molecule has 1 atom stereocenters. The Kier molecular flexibility index (Phi) is 5.50. The van der Waals surface area contributed by atoms with Gasteiger partial charge in [0.1, 0.15) is 0 Å². The van der Waals surface area contributed by atoms with Crippen molar-refractivity contribution >= 4 is 15.9 Å². The van der Waals surface area contributed by atoms with Gasteiger partial charge in [-0.25, -0.2) is 0 Å². The first-order valence-electron chi connectivity index (χ1n) is 8.53. The molecule has 2 heteroatoms. The molecule has 1 aromatic heterocycles. The Balaban J connectivity index is 1.94. The molecule has 3 aromatic rings. The van der Waals surface area contributed by atoms with Crippen molar-refractivity contribution in [3.8, 4) is 22.4 Å². The van der Waals surface area contributed by atoms with Gasteiger partial charge < -0.3 is 0 Å². The fourth-order valence-corrected chi connectivity index (χ4v) is 3.64. The summed E-state index contributed by atoms with van der Waals surface area (Å²) in [6.45, 7) is 8.28. The van der Waals surface area contributed by atoms with E-state index in [2.05, 4.69) is 78.8 Å². The molecule has 0 aliphatic rings. The van der Waals surface area contributed by atoms with E-state index in [4.69, 9.17) is 4.98 Å². The van der Waals surface area contributed by atoms with Gasteiger partial charge in [0.15, 0.2) is 0 Å². The Hall–Kier alpha value is -2.19. The first kappa shape index (κ1) is 17.6. The number of rotatable bonds is 5. The minimum atomic E-state index is 0.469. The summed E-state index contributed by atoms with van der Waals surface area (Å²) in [6, 6.07) is 19.1. The van der Waals surface area contributed by atoms with Crippen LogP contribution in [0.25, 0.3) is 22.4 Å². The first-order valence-corrected chi connectivity index (χ1v) is 9.32. The zero-order valence-electron chi connectivity index (χ0n) is 14.7. The monoisotopic (exact) mass is 391 g/mol. The van der Waals surface area contributed by atoms with Crippen LogP contribution in [0.2, 0.25) is 0 Å². The highest BCUT2D eigenvalue weighted by Gasteiger charge is 2.10. The number of pyridine rings is 1. The van der Waals surface area contributed by atoms with Crippen LogP contribution >= 0.6 is 15.9 Å². The molecule has 0 aliphatic carbocycles. The van der Waals surface area contributed by atoms with Crippen LogP contribution in [0.1, 0.15) is 30.4 Å². The maximum Gasteiger partial charge on any atom is 0.0702 e. The maximum absolute atomic E-state index is 4.70. The van der Waals surface area contributed by atoms with Gasteiger partial charge in [0, 0.05) is 21.8 Å². The van der Waals surface area contributed by atoms with Crippen molar-refractivity contribution in [1.82, 2.24) is 4.98 Å². The summed E-state index contributed by atoms with van der Waals surface area (Å²) >= 11 is 3.61. The topological polar surface area (TPSA) is 12.9 Å². The Labute approximate surface area is 158 Å². The smallest absolute Gasteiger partial charge is 0.0702 e. The molecule has 2 aromatic carbocycles. The lowest BCUT2D eigenvalue weighted by Gasteiger charge is -2.14. The Morgan fingerprint density at radius 1 is 1.08 bits per heavy atom. The zero-order valence-corrected chi connectivity index (χ0v) is 16.3. The first-order chi connectivity index (χ1) is 12.1. The van der Waals surface area contributed by atoms with E-state index in [-0.39, 0.29) is 0 Å². The SMILES string of the molecule is C=CCC(C)c1cc(-c2ccc(-c3ccccc3Br)cn2)ccc1C. The summed E-state index contributed by atoms with van der Waals surface area (Å²) in [7, 11) is 0. The summed E-state index contributed by atoms with van der Waals surface area (Å²) in [4.78, 5) is 4.70. The summed E-state index contributed by atoms with van der Waals surface area (Å²) in [5.41, 5.74) is 7.13. The van der Waals surface area contributed by atoms with Gasteiger partial charge in [-0.05, 0) is 54.2 Å². The molecule has 3 rings (SSSR count). The molecule has 1 heterocycles. The molecule has 126 valence electrons. The van der Waals surface area contributed by atoms with Crippen LogP contribution < -0.4 is 0 Å². The van der Waals surface area contributed by atoms with E-state index in [0.29, 0.717) is 5.92 Å². The average Bonchev–Trinajstić information content (AvgIpc) is 2.63. The zero-order chi connectivity index (χ0) is 17.8. The molecule has 0 saturated heterocycles. The number of hydrogen-bond acceptors (Lipinski definition) is 1. The van der Waals surface area contributed by atoms with Crippen molar-refractivity contribution in [1.29, 1.82) is 0 Å². The lowest BCUT2D eigenvalue weighted by molar-refractivity contribution is 0.775. The Morgan fingerprint density at radius 3 is 2.52 bits per heavy atom. The van der Waals surface area contributed by atoms with E-state index in [1.165, 1.54) is 11.1 Å². The molecular weight excluding hydrogens is 370 g/mol. The molecule has 0 spiro atoms. The number of hydrogen-bond donors (Lipinski definition) is 0. The predicted octanol–water partition coefficient (Wildman–Crippen LogP) is 7.17. The van der Waals surface area contributed by atoms with E-state index in [9.17, 15) is 0 Å². The van der Waals surface area contributed by atoms with Gasteiger partial charge in [0.2, 0.25) is 0 Å². The number of halogens is 1. The second-order valence-corrected chi connectivity index (χ2v) is 7.26. The highest BCUT2D eigenvalue weighted by molar-refractivity contribution is 9.10. The second kappa shape index (κ2) is 7.79. The molecule has 25 heavy (non-hydrogen) atoms. The van der Waals surface area contributed by atoms with Crippen molar-refractivity contribution < 1.29 is 0 Å². The molecule has 0 amide bonds. The third-order valence-corrected chi connectivity index (χ3v) is 5.27. The molecule has 0 saturated carbocycles. The highest BCUT2D eigenvalue weighted by Crippen LogP contribution is 2.31. The molecule has 0 aliphatic heterocycles. The molecule has 1 nitrogen and oxygen atoms in total. The van der Waals surface area contributed by atoms with Crippen LogP contribution in [0.5, 0.6) is 0 Å². The fourth-order valence-electron chi connectivity index (χ4n) is 3.13. The fraction of sp³-hybridized carbons (Fsp3) is 0.174. The van der Waals surface area contributed by atoms with E-state index in [0.717, 1.165) is 33.3 Å². The quantitative estimate of drug-likeness (QED) is 0.420. The van der Waals surface area contributed by atoms with Gasteiger partial charge in [-0.15, -0.1) is 6.58 Å². The van der Waals surface area contributed by atoms with E-state index < -0.39 is 0 Å². The number of allylic oxidation sites excluding steroid dienone is 1. The van der Waals surface area contributed by atoms with Crippen LogP contribution in [0.4, 0.5) is 0 Å². The summed E-state index contributed by atoms with van der Waals surface area (Å²) in [5, 5.41) is 0. The van der Waals surface area contributed by atoms with Gasteiger partial charge in [-0.2, -0.15) is 0 Å². The van der Waals surface area contributed by atoms with Crippen molar-refractivity contribution in [2.75, 3.05) is 0 Å². The maximum atomic E-state index is 4.70. The van der Waals surface area contributed by atoms with E-state index in [1.54, 1.807) is 0 Å². The average molecular weight is 392 g/mol. The van der Waals surface area contributed by atoms with Gasteiger partial charge in [-0.1, -0.05) is 65.3 Å². The van der Waals surface area contributed by atoms with Crippen molar-refractivity contribution in [3.63, 3.8) is 0 Å². The third-order valence-electron chi connectivity index (χ3n) is 4.57. The van der Waals surface area contributed by atoms with Crippen LogP contribution in [0, 0.1) is 6.92 Å². The Morgan fingerprint density at radius 2 is 1.84 bits per heavy atom. The van der Waals surface area contributed by atoms with Gasteiger partial charge in [-0.3, -0.25) is 4.98 Å². The highest BCUT2D eigenvalue weighted by atomic mass is 79.9. The predicted molar refractivity (Wildman–Crippen MR) is 111 cm³/mol. The number of aromatic nitrogens is 1. The molecule has 1 unspecified atom stereocenters. The molecule has 0 N–H and O–H groups in total. The van der Waals surface area contributed by atoms with Crippen LogP contribution in [0.3, 0.4) is 0 Å². The number of aryl methyl sites for hydroxylation is 1. The van der Waals surface area contributed by atoms with Crippen molar-refractivity contribution in [3.05, 3.63) is 89.0 Å². The largest absolute Gasteiger partial charge is 0.256 e. The normalized spacial score (nSPS) is 12.0. The third kappa shape index (κ3) is 3.91. The Bertz CT molecular complexity index is 881. The van der Waals surface area contributed by atoms with Crippen molar-refractivity contribution in [2.45, 2.75) is 26.2 Å². The molecule has 0 fully saturated rings. The van der Waals surface area contributed by atoms with Gasteiger partial charge in [0.05, 0.1) is 5.69 Å². The lowest BCUT2D eigenvalue weighted by Crippen LogP contribution is -1.96. The summed E-state index contributed by atoms with van der Waals surface area (Å²) in [6.07, 6.45) is 4.92. The van der Waals surface area contributed by atoms with Crippen molar-refractivity contribution in [2.24, 2.45) is 0 Å². The second-order valence-electron chi connectivity index (χ2n) is 6.41. The van der Waals surface area contributed by atoms with Crippen LogP contribution in [-0.2, 0) is 0 Å². The van der Waals surface area contributed by atoms with Gasteiger partial charge in [0.25, 0.3) is 0 Å². The summed E-state index contributed by atoms with van der Waals surface area (Å²) in [5.74, 6) is 0.469. The molecule has 0 radical (unpaired) electrons. The minimum absolute atomic E-state index is 0.469. The minimum Gasteiger partial charge on any atom is -0.256 e. The number of nitrogens with zero attached hydrogens (tertiary/aromatic N) is 1. The molecular formula is C23H22BrN. The molecule has 0 bridgehead atoms. The number of benzene rings is 2. The lowest BCUT2D eigenvalue weighted by atomic mass is 9.91. The van der Waals surface area contributed by atoms with E-state index in [1.807, 2.05) is 24.4 Å². The van der Waals surface area contributed by atoms with E-state index >= 15 is 0 Å². The van der Waals surface area contributed by atoms with Crippen LogP contribution in [-0.4, -0.2) is 4.98 Å². The standard InChI is InChI=1S/C23H22BrN/c1-4-7-16(2)21-14-18(11-10-17(21)3)23-13-12-19(15-25-23)20-8-5-6-9-22(20)24/h4-6,8-16H,1,7H2,2-3H3. The van der Waals surface area contributed by atoms with Gasteiger partial charge >= 0.3 is 0 Å².